The van der Waals surface area contributed by atoms with Gasteiger partial charge in [-0.1, -0.05) is 13.8 Å². The molecule has 0 bridgehead atoms. The molecule has 0 radical (unpaired) electrons. The van der Waals surface area contributed by atoms with Crippen molar-refractivity contribution in [1.82, 2.24) is 0 Å². The molecule has 118 valence electrons. The summed E-state index contributed by atoms with van der Waals surface area (Å²) in [6.07, 6.45) is 1.52. The molecular weight excluding hydrogens is 266 g/mol. The SMILES string of the molecule is CCCOC(C)(CC)C(=O)Nc1cc(C)c(OC)c(C)c1. The maximum atomic E-state index is 12.5. The van der Waals surface area contributed by atoms with Crippen LogP contribution in [0, 0.1) is 13.8 Å². The fourth-order valence-electron chi connectivity index (χ4n) is 2.26. The number of ether oxygens (including phenoxy) is 2. The molecule has 1 aromatic rings. The summed E-state index contributed by atoms with van der Waals surface area (Å²) < 4.78 is 11.1. The van der Waals surface area contributed by atoms with Gasteiger partial charge in [-0.15, -0.1) is 0 Å². The van der Waals surface area contributed by atoms with Gasteiger partial charge in [-0.25, -0.2) is 0 Å². The van der Waals surface area contributed by atoms with Gasteiger partial charge in [-0.3, -0.25) is 4.79 Å². The Morgan fingerprint density at radius 2 is 1.81 bits per heavy atom. The topological polar surface area (TPSA) is 47.6 Å². The molecule has 0 aliphatic rings. The summed E-state index contributed by atoms with van der Waals surface area (Å²) in [5, 5.41) is 2.96. The van der Waals surface area contributed by atoms with Crippen molar-refractivity contribution < 1.29 is 14.3 Å². The Labute approximate surface area is 127 Å². The molecule has 1 amide bonds. The number of anilines is 1. The van der Waals surface area contributed by atoms with Crippen molar-refractivity contribution in [2.75, 3.05) is 19.0 Å². The van der Waals surface area contributed by atoms with E-state index in [1.807, 2.05) is 46.8 Å². The van der Waals surface area contributed by atoms with Crippen LogP contribution < -0.4 is 10.1 Å². The van der Waals surface area contributed by atoms with Crippen LogP contribution in [0.1, 0.15) is 44.7 Å². The van der Waals surface area contributed by atoms with Crippen molar-refractivity contribution in [3.63, 3.8) is 0 Å². The number of aryl methyl sites for hydroxylation is 2. The number of nitrogens with one attached hydrogen (secondary N) is 1. The van der Waals surface area contributed by atoms with Gasteiger partial charge in [0.2, 0.25) is 0 Å². The van der Waals surface area contributed by atoms with E-state index in [1.165, 1.54) is 0 Å². The number of carbonyl (C=O) groups excluding carboxylic acids is 1. The molecular formula is C17H27NO3. The van der Waals surface area contributed by atoms with Crippen LogP contribution in [0.3, 0.4) is 0 Å². The van der Waals surface area contributed by atoms with Gasteiger partial charge in [-0.2, -0.15) is 0 Å². The summed E-state index contributed by atoms with van der Waals surface area (Å²) in [5.74, 6) is 0.746. The number of methoxy groups -OCH3 is 1. The number of benzene rings is 1. The molecule has 0 spiro atoms. The normalized spacial score (nSPS) is 13.6. The molecule has 4 heteroatoms. The lowest BCUT2D eigenvalue weighted by molar-refractivity contribution is -0.139. The van der Waals surface area contributed by atoms with E-state index in [4.69, 9.17) is 9.47 Å². The van der Waals surface area contributed by atoms with Crippen LogP contribution in [-0.4, -0.2) is 25.2 Å². The van der Waals surface area contributed by atoms with Crippen molar-refractivity contribution >= 4 is 11.6 Å². The van der Waals surface area contributed by atoms with E-state index < -0.39 is 5.60 Å². The summed E-state index contributed by atoms with van der Waals surface area (Å²) >= 11 is 0. The van der Waals surface area contributed by atoms with E-state index in [9.17, 15) is 4.79 Å². The highest BCUT2D eigenvalue weighted by Crippen LogP contribution is 2.28. The van der Waals surface area contributed by atoms with Crippen LogP contribution in [0.4, 0.5) is 5.69 Å². The molecule has 1 aromatic carbocycles. The molecule has 1 unspecified atom stereocenters. The van der Waals surface area contributed by atoms with Gasteiger partial charge < -0.3 is 14.8 Å². The van der Waals surface area contributed by atoms with Crippen LogP contribution in [0.5, 0.6) is 5.75 Å². The van der Waals surface area contributed by atoms with Gasteiger partial charge in [0.1, 0.15) is 11.4 Å². The van der Waals surface area contributed by atoms with Crippen molar-refractivity contribution in [2.24, 2.45) is 0 Å². The first-order valence-corrected chi connectivity index (χ1v) is 7.48. The second-order valence-corrected chi connectivity index (χ2v) is 5.53. The van der Waals surface area contributed by atoms with Gasteiger partial charge in [0.25, 0.3) is 5.91 Å². The van der Waals surface area contributed by atoms with Crippen molar-refractivity contribution in [3.05, 3.63) is 23.3 Å². The average molecular weight is 293 g/mol. The molecule has 0 heterocycles. The van der Waals surface area contributed by atoms with Gasteiger partial charge in [0.15, 0.2) is 0 Å². The minimum atomic E-state index is -0.794. The highest BCUT2D eigenvalue weighted by molar-refractivity contribution is 5.97. The molecule has 1 rings (SSSR count). The molecule has 1 N–H and O–H groups in total. The van der Waals surface area contributed by atoms with Gasteiger partial charge in [0, 0.05) is 12.3 Å². The Hall–Kier alpha value is -1.55. The fourth-order valence-corrected chi connectivity index (χ4v) is 2.26. The van der Waals surface area contributed by atoms with E-state index >= 15 is 0 Å². The number of amides is 1. The molecule has 0 aromatic heterocycles. The molecule has 0 aliphatic heterocycles. The largest absolute Gasteiger partial charge is 0.496 e. The first-order valence-electron chi connectivity index (χ1n) is 7.48. The highest BCUT2D eigenvalue weighted by Gasteiger charge is 2.32. The molecule has 21 heavy (non-hydrogen) atoms. The third-order valence-corrected chi connectivity index (χ3v) is 3.70. The first kappa shape index (κ1) is 17.5. The zero-order valence-corrected chi connectivity index (χ0v) is 14.0. The van der Waals surface area contributed by atoms with Crippen molar-refractivity contribution in [3.8, 4) is 5.75 Å². The Balaban J connectivity index is 2.92. The number of carbonyl (C=O) groups is 1. The molecule has 0 saturated carbocycles. The van der Waals surface area contributed by atoms with Crippen LogP contribution in [0.15, 0.2) is 12.1 Å². The predicted octanol–water partition coefficient (Wildman–Crippen LogP) is 3.85. The maximum absolute atomic E-state index is 12.5. The maximum Gasteiger partial charge on any atom is 0.256 e. The van der Waals surface area contributed by atoms with Gasteiger partial charge in [0.05, 0.1) is 7.11 Å². The van der Waals surface area contributed by atoms with Crippen LogP contribution in [-0.2, 0) is 9.53 Å². The van der Waals surface area contributed by atoms with Crippen LogP contribution >= 0.6 is 0 Å². The Morgan fingerprint density at radius 3 is 2.24 bits per heavy atom. The summed E-state index contributed by atoms with van der Waals surface area (Å²) in [6, 6.07) is 3.83. The fraction of sp³-hybridized carbons (Fsp3) is 0.588. The van der Waals surface area contributed by atoms with Crippen molar-refractivity contribution in [2.45, 2.75) is 53.1 Å². The smallest absolute Gasteiger partial charge is 0.256 e. The molecule has 0 aliphatic carbocycles. The lowest BCUT2D eigenvalue weighted by Crippen LogP contribution is -2.42. The Morgan fingerprint density at radius 1 is 1.24 bits per heavy atom. The Bertz CT molecular complexity index is 476. The molecule has 1 atom stereocenters. The third-order valence-electron chi connectivity index (χ3n) is 3.70. The van der Waals surface area contributed by atoms with Crippen molar-refractivity contribution in [1.29, 1.82) is 0 Å². The second-order valence-electron chi connectivity index (χ2n) is 5.53. The third kappa shape index (κ3) is 4.21. The quantitative estimate of drug-likeness (QED) is 0.830. The standard InChI is InChI=1S/C17H27NO3/c1-7-9-21-17(5,8-2)16(19)18-14-10-12(3)15(20-6)13(4)11-14/h10-11H,7-9H2,1-6H3,(H,18,19). The van der Waals surface area contributed by atoms with Crippen LogP contribution in [0.2, 0.25) is 0 Å². The van der Waals surface area contributed by atoms with Gasteiger partial charge in [-0.05, 0) is 56.9 Å². The Kier molecular flexibility index (Phi) is 6.21. The summed E-state index contributed by atoms with van der Waals surface area (Å²) in [5.41, 5.74) is 1.98. The monoisotopic (exact) mass is 293 g/mol. The van der Waals surface area contributed by atoms with E-state index in [0.717, 1.165) is 29.0 Å². The van der Waals surface area contributed by atoms with Gasteiger partial charge >= 0.3 is 0 Å². The van der Waals surface area contributed by atoms with Crippen LogP contribution in [0.25, 0.3) is 0 Å². The first-order chi connectivity index (χ1) is 9.87. The molecule has 0 saturated heterocycles. The minimum Gasteiger partial charge on any atom is -0.496 e. The second kappa shape index (κ2) is 7.46. The lowest BCUT2D eigenvalue weighted by Gasteiger charge is -2.27. The van der Waals surface area contributed by atoms with E-state index in [-0.39, 0.29) is 5.91 Å². The molecule has 4 nitrogen and oxygen atoms in total. The van der Waals surface area contributed by atoms with E-state index in [1.54, 1.807) is 7.11 Å². The summed E-state index contributed by atoms with van der Waals surface area (Å²) in [7, 11) is 1.65. The highest BCUT2D eigenvalue weighted by atomic mass is 16.5. The predicted molar refractivity (Wildman–Crippen MR) is 86.0 cm³/mol. The lowest BCUT2D eigenvalue weighted by atomic mass is 10.0. The van der Waals surface area contributed by atoms with E-state index in [2.05, 4.69) is 5.32 Å². The number of rotatable bonds is 7. The summed E-state index contributed by atoms with van der Waals surface area (Å²) in [4.78, 5) is 12.5. The zero-order valence-electron chi connectivity index (χ0n) is 14.0. The summed E-state index contributed by atoms with van der Waals surface area (Å²) in [6.45, 7) is 10.3. The number of hydrogen-bond acceptors (Lipinski definition) is 3. The number of hydrogen-bond donors (Lipinski definition) is 1. The zero-order chi connectivity index (χ0) is 16.0. The molecule has 0 fully saturated rings. The minimum absolute atomic E-state index is 0.109. The average Bonchev–Trinajstić information content (AvgIpc) is 2.44. The van der Waals surface area contributed by atoms with E-state index in [0.29, 0.717) is 13.0 Å².